The van der Waals surface area contributed by atoms with Crippen molar-refractivity contribution in [3.8, 4) is 0 Å². The fourth-order valence-corrected chi connectivity index (χ4v) is 0.414. The fraction of sp³-hybridized carbons (Fsp3) is 1.00. The van der Waals surface area contributed by atoms with Crippen LogP contribution in [-0.2, 0) is 0 Å². The molecule has 1 aliphatic heterocycles. The molecule has 1 radical (unpaired) electrons. The van der Waals surface area contributed by atoms with E-state index in [9.17, 15) is 0 Å². The Morgan fingerprint density at radius 2 is 1.57 bits per heavy atom. The van der Waals surface area contributed by atoms with Crippen LogP contribution in [0.2, 0.25) is 0 Å². The monoisotopic (exact) mass is 97.1 g/mol. The van der Waals surface area contributed by atoms with Crippen LogP contribution in [0.5, 0.6) is 0 Å². The lowest BCUT2D eigenvalue weighted by Crippen LogP contribution is -2.22. The molecule has 0 spiro atoms. The quantitative estimate of drug-likeness (QED) is 0.388. The molecule has 0 unspecified atom stereocenters. The molecule has 5 heteroatoms. The van der Waals surface area contributed by atoms with Gasteiger partial charge in [-0.25, -0.2) is 0 Å². The highest BCUT2D eigenvalue weighted by Gasteiger charge is 2.09. The van der Waals surface area contributed by atoms with Crippen LogP contribution in [0, 0.1) is 0 Å². The second-order valence-electron chi connectivity index (χ2n) is 1.44. The van der Waals surface area contributed by atoms with E-state index < -0.39 is 0 Å². The van der Waals surface area contributed by atoms with Crippen LogP contribution in [-0.4, -0.2) is 31.5 Å². The van der Waals surface area contributed by atoms with Gasteiger partial charge in [0, 0.05) is 14.1 Å². The number of rotatable bonds is 0. The summed E-state index contributed by atoms with van der Waals surface area (Å²) in [5.74, 6) is 0. The van der Waals surface area contributed by atoms with E-state index in [1.807, 2.05) is 14.1 Å². The topological polar surface area (TPSA) is 31.2 Å². The molecule has 0 fully saturated rings. The molecule has 0 aromatic heterocycles. The van der Waals surface area contributed by atoms with Gasteiger partial charge in [0.25, 0.3) is 0 Å². The van der Waals surface area contributed by atoms with Crippen molar-refractivity contribution in [2.75, 3.05) is 14.1 Å². The Balaban J connectivity index is 2.42. The van der Waals surface area contributed by atoms with Crippen molar-refractivity contribution in [2.45, 2.75) is 0 Å². The van der Waals surface area contributed by atoms with E-state index >= 15 is 0 Å². The van der Waals surface area contributed by atoms with Crippen molar-refractivity contribution in [1.29, 1.82) is 0 Å². The summed E-state index contributed by atoms with van der Waals surface area (Å²) in [4.78, 5) is 3.28. The first-order valence-corrected chi connectivity index (χ1v) is 2.01. The Labute approximate surface area is 43.0 Å². The first-order valence-electron chi connectivity index (χ1n) is 2.01. The summed E-state index contributed by atoms with van der Waals surface area (Å²) in [6.07, 6.45) is 0. The molecule has 0 aliphatic carbocycles. The second-order valence-corrected chi connectivity index (χ2v) is 1.44. The molecule has 0 N–H and O–H groups in total. The van der Waals surface area contributed by atoms with Crippen LogP contribution in [0.15, 0.2) is 10.4 Å². The van der Waals surface area contributed by atoms with E-state index in [0.29, 0.717) is 0 Å². The van der Waals surface area contributed by atoms with E-state index in [2.05, 4.69) is 10.4 Å². The van der Waals surface area contributed by atoms with Gasteiger partial charge in [-0.1, -0.05) is 10.4 Å². The van der Waals surface area contributed by atoms with Crippen LogP contribution in [0.1, 0.15) is 0 Å². The molecule has 0 amide bonds. The normalized spacial score (nSPS) is 18.0. The molecule has 4 nitrogen and oxygen atoms in total. The van der Waals surface area contributed by atoms with E-state index in [4.69, 9.17) is 0 Å². The highest BCUT2D eigenvalue weighted by molar-refractivity contribution is 6.28. The predicted octanol–water partition coefficient (Wildman–Crippen LogP) is -0.320. The van der Waals surface area contributed by atoms with E-state index in [-0.39, 0.29) is 0 Å². The van der Waals surface area contributed by atoms with Crippen molar-refractivity contribution in [3.05, 3.63) is 0 Å². The summed E-state index contributed by atoms with van der Waals surface area (Å²) in [5.41, 5.74) is 0. The molecule has 0 saturated carbocycles. The van der Waals surface area contributed by atoms with E-state index in [0.717, 1.165) is 0 Å². The summed E-state index contributed by atoms with van der Waals surface area (Å²) < 4.78 is 0. The largest absolute Gasteiger partial charge is 0.429 e. The smallest absolute Gasteiger partial charge is 0.300 e. The zero-order chi connectivity index (χ0) is 5.28. The summed E-state index contributed by atoms with van der Waals surface area (Å²) in [6, 6.07) is 0. The van der Waals surface area contributed by atoms with Crippen molar-refractivity contribution in [1.82, 2.24) is 9.84 Å². The summed E-state index contributed by atoms with van der Waals surface area (Å²) in [5, 5.41) is 7.29. The van der Waals surface area contributed by atoms with Gasteiger partial charge in [0.15, 0.2) is 0 Å². The van der Waals surface area contributed by atoms with E-state index in [1.165, 1.54) is 0 Å². The van der Waals surface area contributed by atoms with Gasteiger partial charge in [-0.3, -0.25) is 0 Å². The van der Waals surface area contributed by atoms with Gasteiger partial charge in [-0.05, 0) is 0 Å². The third-order valence-electron chi connectivity index (χ3n) is 0.656. The Morgan fingerprint density at radius 3 is 1.71 bits per heavy atom. The molecular weight excluding hydrogens is 90.9 g/mol. The van der Waals surface area contributed by atoms with Crippen molar-refractivity contribution in [3.63, 3.8) is 0 Å². The highest BCUT2D eigenvalue weighted by Crippen LogP contribution is 1.95. The molecular formula is C2H6BN4. The predicted molar refractivity (Wildman–Crippen MR) is 26.1 cm³/mol. The summed E-state index contributed by atoms with van der Waals surface area (Å²) in [7, 11) is 5.43. The third-order valence-corrected chi connectivity index (χ3v) is 0.656. The number of hydrogen-bond acceptors (Lipinski definition) is 4. The lowest BCUT2D eigenvalue weighted by molar-refractivity contribution is 0.541. The molecule has 37 valence electrons. The van der Waals surface area contributed by atoms with Crippen LogP contribution >= 0.6 is 0 Å². The maximum atomic E-state index is 3.65. The SMILES string of the molecule is CN1[B]N(C)N=N1. The zero-order valence-electron chi connectivity index (χ0n) is 4.37. The molecule has 0 aromatic carbocycles. The minimum atomic E-state index is 1.64. The fourth-order valence-electron chi connectivity index (χ4n) is 0.414. The molecule has 0 bridgehead atoms. The van der Waals surface area contributed by atoms with Crippen LogP contribution in [0.3, 0.4) is 0 Å². The maximum absolute atomic E-state index is 3.65. The average molecular weight is 96.9 g/mol. The lowest BCUT2D eigenvalue weighted by atomic mass is 10.2. The highest BCUT2D eigenvalue weighted by atomic mass is 15.7. The van der Waals surface area contributed by atoms with Gasteiger partial charge in [0.1, 0.15) is 0 Å². The summed E-state index contributed by atoms with van der Waals surface area (Å²) in [6.45, 7) is 0. The van der Waals surface area contributed by atoms with Crippen LogP contribution in [0.4, 0.5) is 0 Å². The Morgan fingerprint density at radius 1 is 1.14 bits per heavy atom. The van der Waals surface area contributed by atoms with Crippen molar-refractivity contribution >= 4 is 7.55 Å². The minimum Gasteiger partial charge on any atom is -0.300 e. The van der Waals surface area contributed by atoms with Crippen molar-refractivity contribution in [2.24, 2.45) is 10.4 Å². The first kappa shape index (κ1) is 4.42. The maximum Gasteiger partial charge on any atom is 0.429 e. The van der Waals surface area contributed by atoms with E-state index in [1.54, 1.807) is 17.4 Å². The molecule has 7 heavy (non-hydrogen) atoms. The first-order chi connectivity index (χ1) is 3.29. The van der Waals surface area contributed by atoms with Crippen LogP contribution < -0.4 is 0 Å². The zero-order valence-corrected chi connectivity index (χ0v) is 4.37. The molecule has 0 saturated heterocycles. The second kappa shape index (κ2) is 1.40. The third kappa shape index (κ3) is 0.822. The minimum absolute atomic E-state index is 1.64. The van der Waals surface area contributed by atoms with Gasteiger partial charge in [0.2, 0.25) is 0 Å². The molecule has 0 atom stereocenters. The Hall–Kier alpha value is -0.735. The van der Waals surface area contributed by atoms with Crippen molar-refractivity contribution < 1.29 is 0 Å². The van der Waals surface area contributed by atoms with Crippen LogP contribution in [0.25, 0.3) is 0 Å². The Bertz CT molecular complexity index is 81.7. The molecule has 0 aromatic rings. The summed E-state index contributed by atoms with van der Waals surface area (Å²) >= 11 is 0. The van der Waals surface area contributed by atoms with Gasteiger partial charge in [-0.15, -0.1) is 0 Å². The van der Waals surface area contributed by atoms with Gasteiger partial charge in [0.05, 0.1) is 0 Å². The standard InChI is InChI=1S/C2H6BN4/c1-6-3-7(2)5-4-6/h1-2H3. The van der Waals surface area contributed by atoms with Gasteiger partial charge >= 0.3 is 7.55 Å². The lowest BCUT2D eigenvalue weighted by Gasteiger charge is -2.00. The number of nitrogens with zero attached hydrogens (tertiary/aromatic N) is 4. The van der Waals surface area contributed by atoms with Gasteiger partial charge < -0.3 is 9.84 Å². The molecule has 1 aliphatic rings. The molecule has 1 heterocycles. The Kier molecular flexibility index (Phi) is 0.886. The molecule has 1 rings (SSSR count). The number of hydrogen-bond donors (Lipinski definition) is 0. The average Bonchev–Trinajstić information content (AvgIpc) is 1.87. The van der Waals surface area contributed by atoms with Gasteiger partial charge in [-0.2, -0.15) is 0 Å².